The Morgan fingerprint density at radius 1 is 1.53 bits per heavy atom. The number of hydrogen-bond acceptors (Lipinski definition) is 4. The predicted octanol–water partition coefficient (Wildman–Crippen LogP) is 2.53. The molecule has 2 aromatic rings. The Kier molecular flexibility index (Phi) is 3.42. The molecular formula is C10H11BrN2O2S2. The second-order valence-electron chi connectivity index (χ2n) is 3.71. The molecule has 0 atom stereocenters. The van der Waals surface area contributed by atoms with E-state index >= 15 is 0 Å². The first-order chi connectivity index (χ1) is 7.92. The minimum Gasteiger partial charge on any atom is -0.270 e. The molecule has 0 aliphatic rings. The molecule has 0 saturated carbocycles. The molecule has 0 aromatic carbocycles. The molecule has 2 heterocycles. The molecule has 0 radical (unpaired) electrons. The van der Waals surface area contributed by atoms with Crippen LogP contribution in [0.2, 0.25) is 0 Å². The van der Waals surface area contributed by atoms with Crippen LogP contribution in [-0.2, 0) is 22.6 Å². The maximum Gasteiger partial charge on any atom is 0.193 e. The molecule has 0 aliphatic carbocycles. The van der Waals surface area contributed by atoms with Crippen molar-refractivity contribution in [1.29, 1.82) is 0 Å². The monoisotopic (exact) mass is 334 g/mol. The van der Waals surface area contributed by atoms with E-state index < -0.39 is 9.84 Å². The molecule has 92 valence electrons. The highest BCUT2D eigenvalue weighted by atomic mass is 79.9. The van der Waals surface area contributed by atoms with Gasteiger partial charge >= 0.3 is 0 Å². The van der Waals surface area contributed by atoms with Gasteiger partial charge in [-0.1, -0.05) is 0 Å². The first-order valence-electron chi connectivity index (χ1n) is 4.85. The summed E-state index contributed by atoms with van der Waals surface area (Å²) in [6.07, 6.45) is 1.60. The summed E-state index contributed by atoms with van der Waals surface area (Å²) >= 11 is 4.56. The Bertz CT molecular complexity index is 624. The molecule has 4 nitrogen and oxygen atoms in total. The summed E-state index contributed by atoms with van der Waals surface area (Å²) in [7, 11) is -1.55. The minimum atomic E-state index is -3.29. The average molecular weight is 335 g/mol. The van der Waals surface area contributed by atoms with Gasteiger partial charge in [-0.3, -0.25) is 4.68 Å². The SMILES string of the molecule is Cc1ccsc1S(=O)(=O)Cc1c(Br)cnn1C. The molecule has 0 unspecified atom stereocenters. The van der Waals surface area contributed by atoms with E-state index in [9.17, 15) is 8.42 Å². The molecule has 17 heavy (non-hydrogen) atoms. The van der Waals surface area contributed by atoms with Crippen molar-refractivity contribution in [3.8, 4) is 0 Å². The van der Waals surface area contributed by atoms with E-state index in [0.29, 0.717) is 9.90 Å². The molecule has 0 fully saturated rings. The molecule has 0 saturated heterocycles. The fourth-order valence-corrected chi connectivity index (χ4v) is 5.17. The number of halogens is 1. The summed E-state index contributed by atoms with van der Waals surface area (Å²) in [4.78, 5) is 0. The molecule has 0 spiro atoms. The third kappa shape index (κ3) is 2.46. The van der Waals surface area contributed by atoms with Crippen LogP contribution in [-0.4, -0.2) is 18.2 Å². The molecule has 7 heteroatoms. The van der Waals surface area contributed by atoms with Crippen LogP contribution in [0.4, 0.5) is 0 Å². The Balaban J connectivity index is 2.40. The van der Waals surface area contributed by atoms with E-state index in [4.69, 9.17) is 0 Å². The first kappa shape index (κ1) is 12.8. The smallest absolute Gasteiger partial charge is 0.193 e. The summed E-state index contributed by atoms with van der Waals surface area (Å²) in [5.74, 6) is -0.0363. The lowest BCUT2D eigenvalue weighted by molar-refractivity contribution is 0.593. The molecule has 2 rings (SSSR count). The van der Waals surface area contributed by atoms with Crippen molar-refractivity contribution in [3.05, 3.63) is 33.4 Å². The van der Waals surface area contributed by atoms with Gasteiger partial charge in [-0.25, -0.2) is 8.42 Å². The number of aryl methyl sites for hydroxylation is 2. The van der Waals surface area contributed by atoms with E-state index in [2.05, 4.69) is 21.0 Å². The van der Waals surface area contributed by atoms with E-state index in [0.717, 1.165) is 10.0 Å². The Morgan fingerprint density at radius 3 is 2.71 bits per heavy atom. The minimum absolute atomic E-state index is 0.0363. The van der Waals surface area contributed by atoms with Gasteiger partial charge in [0, 0.05) is 7.05 Å². The van der Waals surface area contributed by atoms with Gasteiger partial charge in [-0.15, -0.1) is 11.3 Å². The quantitative estimate of drug-likeness (QED) is 0.866. The van der Waals surface area contributed by atoms with Gasteiger partial charge in [0.25, 0.3) is 0 Å². The molecule has 0 amide bonds. The molecule has 2 aromatic heterocycles. The van der Waals surface area contributed by atoms with Crippen molar-refractivity contribution in [2.45, 2.75) is 16.9 Å². The van der Waals surface area contributed by atoms with Crippen molar-refractivity contribution in [1.82, 2.24) is 9.78 Å². The number of thiophene rings is 1. The second-order valence-corrected chi connectivity index (χ2v) is 7.67. The molecule has 0 bridgehead atoms. The first-order valence-corrected chi connectivity index (χ1v) is 8.17. The van der Waals surface area contributed by atoms with Gasteiger partial charge in [-0.05, 0) is 39.9 Å². The fraction of sp³-hybridized carbons (Fsp3) is 0.300. The van der Waals surface area contributed by atoms with Gasteiger partial charge in [0.1, 0.15) is 4.21 Å². The lowest BCUT2D eigenvalue weighted by Gasteiger charge is -2.04. The predicted molar refractivity (Wildman–Crippen MR) is 70.9 cm³/mol. The highest BCUT2D eigenvalue weighted by Crippen LogP contribution is 2.27. The fourth-order valence-electron chi connectivity index (χ4n) is 1.52. The molecule has 0 aliphatic heterocycles. The van der Waals surface area contributed by atoms with Gasteiger partial charge in [0.15, 0.2) is 9.84 Å². The van der Waals surface area contributed by atoms with Gasteiger partial charge in [0.05, 0.1) is 22.1 Å². The summed E-state index contributed by atoms with van der Waals surface area (Å²) in [6, 6.07) is 1.82. The van der Waals surface area contributed by atoms with Crippen LogP contribution < -0.4 is 0 Å². The summed E-state index contributed by atoms with van der Waals surface area (Å²) < 4.78 is 27.2. The molecular weight excluding hydrogens is 324 g/mol. The van der Waals surface area contributed by atoms with Gasteiger partial charge in [-0.2, -0.15) is 5.10 Å². The number of hydrogen-bond donors (Lipinski definition) is 0. The van der Waals surface area contributed by atoms with E-state index in [1.807, 2.05) is 13.0 Å². The van der Waals surface area contributed by atoms with Crippen molar-refractivity contribution in [2.75, 3.05) is 0 Å². The standard InChI is InChI=1S/C10H11BrN2O2S2/c1-7-3-4-16-10(7)17(14,15)6-9-8(11)5-12-13(9)2/h3-5H,6H2,1-2H3. The number of aromatic nitrogens is 2. The normalized spacial score (nSPS) is 11.9. The van der Waals surface area contributed by atoms with Gasteiger partial charge < -0.3 is 0 Å². The Labute approximate surface area is 112 Å². The van der Waals surface area contributed by atoms with Crippen LogP contribution in [0.5, 0.6) is 0 Å². The van der Waals surface area contributed by atoms with Crippen LogP contribution in [0.1, 0.15) is 11.3 Å². The zero-order chi connectivity index (χ0) is 12.6. The summed E-state index contributed by atoms with van der Waals surface area (Å²) in [5, 5.41) is 5.80. The lowest BCUT2D eigenvalue weighted by Crippen LogP contribution is -2.09. The van der Waals surface area contributed by atoms with Crippen molar-refractivity contribution >= 4 is 37.1 Å². The third-order valence-electron chi connectivity index (χ3n) is 2.43. The third-order valence-corrected chi connectivity index (χ3v) is 6.50. The number of nitrogens with zero attached hydrogens (tertiary/aromatic N) is 2. The highest BCUT2D eigenvalue weighted by molar-refractivity contribution is 9.10. The Morgan fingerprint density at radius 2 is 2.24 bits per heavy atom. The zero-order valence-electron chi connectivity index (χ0n) is 9.34. The van der Waals surface area contributed by atoms with Crippen LogP contribution in [0.15, 0.2) is 26.3 Å². The zero-order valence-corrected chi connectivity index (χ0v) is 12.6. The number of sulfone groups is 1. The second kappa shape index (κ2) is 4.55. The van der Waals surface area contributed by atoms with Crippen molar-refractivity contribution in [2.24, 2.45) is 7.05 Å². The van der Waals surface area contributed by atoms with Gasteiger partial charge in [0.2, 0.25) is 0 Å². The summed E-state index contributed by atoms with van der Waals surface area (Å²) in [5.41, 5.74) is 1.46. The van der Waals surface area contributed by atoms with Crippen LogP contribution >= 0.6 is 27.3 Å². The largest absolute Gasteiger partial charge is 0.270 e. The number of rotatable bonds is 3. The summed E-state index contributed by atoms with van der Waals surface area (Å²) in [6.45, 7) is 1.81. The Hall–Kier alpha value is -0.660. The topological polar surface area (TPSA) is 52.0 Å². The lowest BCUT2D eigenvalue weighted by atomic mass is 10.4. The highest BCUT2D eigenvalue weighted by Gasteiger charge is 2.22. The van der Waals surface area contributed by atoms with E-state index in [-0.39, 0.29) is 5.75 Å². The molecule has 0 N–H and O–H groups in total. The maximum atomic E-state index is 12.2. The maximum absolute atomic E-state index is 12.2. The van der Waals surface area contributed by atoms with Crippen molar-refractivity contribution in [3.63, 3.8) is 0 Å². The van der Waals surface area contributed by atoms with E-state index in [1.165, 1.54) is 11.3 Å². The van der Waals surface area contributed by atoms with Crippen molar-refractivity contribution < 1.29 is 8.42 Å². The van der Waals surface area contributed by atoms with Crippen LogP contribution in [0, 0.1) is 6.92 Å². The van der Waals surface area contributed by atoms with E-state index in [1.54, 1.807) is 23.3 Å². The van der Waals surface area contributed by atoms with Crippen LogP contribution in [0.3, 0.4) is 0 Å². The average Bonchev–Trinajstić information content (AvgIpc) is 2.79. The van der Waals surface area contributed by atoms with Crippen LogP contribution in [0.25, 0.3) is 0 Å².